The molecule has 0 atom stereocenters. The molecule has 0 unspecified atom stereocenters. The van der Waals surface area contributed by atoms with Crippen LogP contribution in [0.3, 0.4) is 0 Å². The van der Waals surface area contributed by atoms with E-state index < -0.39 is 5.97 Å². The lowest BCUT2D eigenvalue weighted by Crippen LogP contribution is -2.20. The Morgan fingerprint density at radius 3 is 2.42 bits per heavy atom. The Hall–Kier alpha value is -3.02. The van der Waals surface area contributed by atoms with Gasteiger partial charge in [0.15, 0.2) is 6.61 Å². The molecule has 26 heavy (non-hydrogen) atoms. The van der Waals surface area contributed by atoms with Gasteiger partial charge in [-0.15, -0.1) is 0 Å². The van der Waals surface area contributed by atoms with E-state index in [-0.39, 0.29) is 18.9 Å². The van der Waals surface area contributed by atoms with Gasteiger partial charge < -0.3 is 19.9 Å². The van der Waals surface area contributed by atoms with Gasteiger partial charge in [-0.2, -0.15) is 0 Å². The molecule has 2 rings (SSSR count). The van der Waals surface area contributed by atoms with Gasteiger partial charge in [-0.3, -0.25) is 9.59 Å². The molecule has 138 valence electrons. The maximum absolute atomic E-state index is 12.0. The third kappa shape index (κ3) is 6.84. The fourth-order valence-corrected chi connectivity index (χ4v) is 2.20. The van der Waals surface area contributed by atoms with Crippen LogP contribution < -0.4 is 14.8 Å². The molecule has 0 spiro atoms. The fraction of sp³-hybridized carbons (Fsp3) is 0.300. The van der Waals surface area contributed by atoms with E-state index in [1.54, 1.807) is 42.5 Å². The summed E-state index contributed by atoms with van der Waals surface area (Å²) in [6.45, 7) is 4.58. The predicted octanol–water partition coefficient (Wildman–Crippen LogP) is 3.37. The minimum Gasteiger partial charge on any atom is -0.493 e. The molecular formula is C20H23NO5. The minimum absolute atomic E-state index is 0.0939. The molecule has 0 aromatic heterocycles. The van der Waals surface area contributed by atoms with Crippen molar-refractivity contribution < 1.29 is 24.2 Å². The van der Waals surface area contributed by atoms with Crippen LogP contribution in [-0.2, 0) is 16.0 Å². The normalized spacial score (nSPS) is 10.4. The number of carbonyl (C=O) groups is 2. The van der Waals surface area contributed by atoms with E-state index in [4.69, 9.17) is 14.6 Å². The van der Waals surface area contributed by atoms with Crippen LogP contribution in [0.2, 0.25) is 0 Å². The molecule has 0 heterocycles. The van der Waals surface area contributed by atoms with Gasteiger partial charge in [0.25, 0.3) is 5.91 Å². The fourth-order valence-electron chi connectivity index (χ4n) is 2.20. The number of anilines is 1. The second kappa shape index (κ2) is 9.46. The quantitative estimate of drug-likeness (QED) is 0.719. The highest BCUT2D eigenvalue weighted by Crippen LogP contribution is 2.20. The van der Waals surface area contributed by atoms with Gasteiger partial charge in [0.1, 0.15) is 11.5 Å². The molecule has 0 aliphatic heterocycles. The molecule has 2 aromatic rings. The van der Waals surface area contributed by atoms with Gasteiger partial charge in [0.2, 0.25) is 0 Å². The molecule has 0 aliphatic rings. The summed E-state index contributed by atoms with van der Waals surface area (Å²) in [5.41, 5.74) is 1.15. The van der Waals surface area contributed by atoms with Crippen molar-refractivity contribution in [2.24, 2.45) is 5.92 Å². The highest BCUT2D eigenvalue weighted by atomic mass is 16.5. The summed E-state index contributed by atoms with van der Waals surface area (Å²) in [5, 5.41) is 11.5. The Kier molecular flexibility index (Phi) is 7.02. The monoisotopic (exact) mass is 357 g/mol. The number of amides is 1. The third-order valence-electron chi connectivity index (χ3n) is 3.32. The van der Waals surface area contributed by atoms with Crippen molar-refractivity contribution in [2.75, 3.05) is 18.5 Å². The van der Waals surface area contributed by atoms with Crippen LogP contribution in [0.5, 0.6) is 11.5 Å². The van der Waals surface area contributed by atoms with Crippen LogP contribution in [0, 0.1) is 5.92 Å². The number of benzene rings is 2. The maximum atomic E-state index is 12.0. The van der Waals surface area contributed by atoms with E-state index >= 15 is 0 Å². The van der Waals surface area contributed by atoms with Gasteiger partial charge in [-0.1, -0.05) is 32.0 Å². The van der Waals surface area contributed by atoms with E-state index in [2.05, 4.69) is 19.2 Å². The molecule has 2 N–H and O–H groups in total. The van der Waals surface area contributed by atoms with E-state index in [0.29, 0.717) is 35.3 Å². The highest BCUT2D eigenvalue weighted by molar-refractivity contribution is 5.92. The molecule has 0 saturated heterocycles. The summed E-state index contributed by atoms with van der Waals surface area (Å²) in [7, 11) is 0. The summed E-state index contributed by atoms with van der Waals surface area (Å²) in [4.78, 5) is 22.8. The Bertz CT molecular complexity index is 757. The first-order valence-electron chi connectivity index (χ1n) is 8.38. The van der Waals surface area contributed by atoms with Crippen LogP contribution in [0.1, 0.15) is 19.4 Å². The zero-order valence-electron chi connectivity index (χ0n) is 14.9. The maximum Gasteiger partial charge on any atom is 0.307 e. The molecule has 1 amide bonds. The van der Waals surface area contributed by atoms with Crippen LogP contribution in [0.4, 0.5) is 5.69 Å². The Balaban J connectivity index is 1.87. The number of aliphatic carboxylic acids is 1. The molecule has 0 saturated carbocycles. The average molecular weight is 357 g/mol. The molecule has 6 nitrogen and oxygen atoms in total. The van der Waals surface area contributed by atoms with E-state index in [0.717, 1.165) is 0 Å². The molecular weight excluding hydrogens is 334 g/mol. The average Bonchev–Trinajstić information content (AvgIpc) is 2.58. The van der Waals surface area contributed by atoms with Gasteiger partial charge in [-0.05, 0) is 35.7 Å². The minimum atomic E-state index is -0.920. The predicted molar refractivity (Wildman–Crippen MR) is 98.7 cm³/mol. The van der Waals surface area contributed by atoms with Crippen molar-refractivity contribution in [3.05, 3.63) is 54.1 Å². The zero-order chi connectivity index (χ0) is 18.9. The number of nitrogens with one attached hydrogen (secondary N) is 1. The summed E-state index contributed by atoms with van der Waals surface area (Å²) in [6.07, 6.45) is -0.0939. The molecule has 0 radical (unpaired) electrons. The SMILES string of the molecule is CC(C)COc1cccc(OCC(=O)Nc2cccc(CC(=O)O)c2)c1. The first kappa shape index (κ1) is 19.3. The van der Waals surface area contributed by atoms with Crippen LogP contribution >= 0.6 is 0 Å². The van der Waals surface area contributed by atoms with Crippen molar-refractivity contribution in [3.8, 4) is 11.5 Å². The third-order valence-corrected chi connectivity index (χ3v) is 3.32. The molecule has 2 aromatic carbocycles. The smallest absolute Gasteiger partial charge is 0.307 e. The van der Waals surface area contributed by atoms with Crippen molar-refractivity contribution in [1.82, 2.24) is 0 Å². The standard InChI is InChI=1S/C20H23NO5/c1-14(2)12-25-17-7-4-8-18(11-17)26-13-19(22)21-16-6-3-5-15(9-16)10-20(23)24/h3-9,11,14H,10,12-13H2,1-2H3,(H,21,22)(H,23,24). The largest absolute Gasteiger partial charge is 0.493 e. The van der Waals surface area contributed by atoms with Crippen molar-refractivity contribution >= 4 is 17.6 Å². The van der Waals surface area contributed by atoms with E-state index in [9.17, 15) is 9.59 Å². The van der Waals surface area contributed by atoms with Crippen LogP contribution in [0.15, 0.2) is 48.5 Å². The first-order valence-corrected chi connectivity index (χ1v) is 8.38. The van der Waals surface area contributed by atoms with Crippen LogP contribution in [-0.4, -0.2) is 30.2 Å². The first-order chi connectivity index (χ1) is 12.4. The Labute approximate surface area is 152 Å². The van der Waals surface area contributed by atoms with E-state index in [1.807, 2.05) is 6.07 Å². The van der Waals surface area contributed by atoms with Crippen molar-refractivity contribution in [2.45, 2.75) is 20.3 Å². The second-order valence-corrected chi connectivity index (χ2v) is 6.29. The molecule has 0 bridgehead atoms. The summed E-state index contributed by atoms with van der Waals surface area (Å²) in [6, 6.07) is 13.9. The van der Waals surface area contributed by atoms with Gasteiger partial charge in [0.05, 0.1) is 13.0 Å². The van der Waals surface area contributed by atoms with E-state index in [1.165, 1.54) is 0 Å². The Morgan fingerprint density at radius 1 is 1.04 bits per heavy atom. The number of hydrogen-bond acceptors (Lipinski definition) is 4. The number of hydrogen-bond donors (Lipinski definition) is 2. The van der Waals surface area contributed by atoms with Gasteiger partial charge in [-0.25, -0.2) is 0 Å². The number of carboxylic acids is 1. The lowest BCUT2D eigenvalue weighted by atomic mass is 10.1. The summed E-state index contributed by atoms with van der Waals surface area (Å²) in [5.74, 6) is 0.406. The van der Waals surface area contributed by atoms with Crippen molar-refractivity contribution in [1.29, 1.82) is 0 Å². The number of carbonyl (C=O) groups excluding carboxylic acids is 1. The Morgan fingerprint density at radius 2 is 1.73 bits per heavy atom. The number of carboxylic acid groups (broad SMARTS) is 1. The highest BCUT2D eigenvalue weighted by Gasteiger charge is 2.07. The van der Waals surface area contributed by atoms with Crippen molar-refractivity contribution in [3.63, 3.8) is 0 Å². The number of rotatable bonds is 9. The number of ether oxygens (including phenoxy) is 2. The molecule has 0 fully saturated rings. The topological polar surface area (TPSA) is 84.9 Å². The lowest BCUT2D eigenvalue weighted by molar-refractivity contribution is -0.136. The zero-order valence-corrected chi connectivity index (χ0v) is 14.9. The second-order valence-electron chi connectivity index (χ2n) is 6.29. The lowest BCUT2D eigenvalue weighted by Gasteiger charge is -2.11. The molecule has 6 heteroatoms. The van der Waals surface area contributed by atoms with Gasteiger partial charge >= 0.3 is 5.97 Å². The summed E-state index contributed by atoms with van der Waals surface area (Å²) >= 11 is 0. The molecule has 0 aliphatic carbocycles. The summed E-state index contributed by atoms with van der Waals surface area (Å²) < 4.78 is 11.1. The van der Waals surface area contributed by atoms with Crippen LogP contribution in [0.25, 0.3) is 0 Å². The van der Waals surface area contributed by atoms with Gasteiger partial charge in [0, 0.05) is 11.8 Å².